The Hall–Kier alpha value is -3.52. The van der Waals surface area contributed by atoms with Gasteiger partial charge in [-0.05, 0) is 62.4 Å². The van der Waals surface area contributed by atoms with Crippen LogP contribution in [-0.4, -0.2) is 38.3 Å². The number of nitrogens with one attached hydrogen (secondary N) is 1. The summed E-state index contributed by atoms with van der Waals surface area (Å²) in [5, 5.41) is 5.17. The first-order valence-corrected chi connectivity index (χ1v) is 12.6. The number of anilines is 2. The fourth-order valence-electron chi connectivity index (χ4n) is 3.90. The predicted molar refractivity (Wildman–Crippen MR) is 134 cm³/mol. The van der Waals surface area contributed by atoms with Crippen LogP contribution in [0.1, 0.15) is 13.8 Å². The van der Waals surface area contributed by atoms with Gasteiger partial charge in [0.15, 0.2) is 6.10 Å². The first kappa shape index (κ1) is 22.7. The van der Waals surface area contributed by atoms with E-state index < -0.39 is 16.1 Å². The number of sulfonamides is 1. The van der Waals surface area contributed by atoms with E-state index in [1.165, 1.54) is 16.9 Å². The lowest BCUT2D eigenvalue weighted by Gasteiger charge is -2.18. The maximum atomic E-state index is 12.8. The summed E-state index contributed by atoms with van der Waals surface area (Å²) in [6.07, 6.45) is 0.400. The zero-order chi connectivity index (χ0) is 23.8. The van der Waals surface area contributed by atoms with E-state index in [1.54, 1.807) is 31.2 Å². The van der Waals surface area contributed by atoms with Crippen LogP contribution >= 0.6 is 0 Å². The molecule has 8 heteroatoms. The van der Waals surface area contributed by atoms with E-state index >= 15 is 0 Å². The molecule has 0 radical (unpaired) electrons. The third-order valence-electron chi connectivity index (χ3n) is 5.74. The van der Waals surface area contributed by atoms with Gasteiger partial charge >= 0.3 is 0 Å². The molecule has 4 rings (SSSR count). The molecule has 1 heterocycles. The molecule has 1 unspecified atom stereocenters. The molecule has 0 aliphatic rings. The fourth-order valence-corrected chi connectivity index (χ4v) is 4.40. The van der Waals surface area contributed by atoms with Crippen molar-refractivity contribution in [1.82, 2.24) is 4.57 Å². The van der Waals surface area contributed by atoms with Crippen molar-refractivity contribution in [2.75, 3.05) is 22.9 Å². The Labute approximate surface area is 193 Å². The molecule has 7 nitrogen and oxygen atoms in total. The number of carbonyl (C=O) groups excluding carboxylic acids is 1. The number of rotatable bonds is 7. The van der Waals surface area contributed by atoms with Gasteiger partial charge in [-0.2, -0.15) is 0 Å². The zero-order valence-electron chi connectivity index (χ0n) is 19.1. The fraction of sp³-hybridized carbons (Fsp3) is 0.240. The van der Waals surface area contributed by atoms with Gasteiger partial charge in [0, 0.05) is 41.1 Å². The van der Waals surface area contributed by atoms with Gasteiger partial charge in [0.2, 0.25) is 10.0 Å². The summed E-state index contributed by atoms with van der Waals surface area (Å²) in [4.78, 5) is 12.8. The zero-order valence-corrected chi connectivity index (χ0v) is 19.9. The van der Waals surface area contributed by atoms with Crippen molar-refractivity contribution in [3.63, 3.8) is 0 Å². The van der Waals surface area contributed by atoms with Crippen LogP contribution in [0.15, 0.2) is 66.7 Å². The Morgan fingerprint density at radius 2 is 1.70 bits per heavy atom. The number of amides is 1. The molecule has 0 bridgehead atoms. The molecular weight excluding hydrogens is 438 g/mol. The lowest BCUT2D eigenvalue weighted by Crippen LogP contribution is -2.30. The molecule has 1 N–H and O–H groups in total. The molecule has 0 aliphatic carbocycles. The molecule has 4 aromatic rings. The van der Waals surface area contributed by atoms with Gasteiger partial charge in [0.25, 0.3) is 5.91 Å². The largest absolute Gasteiger partial charge is 0.481 e. The highest BCUT2D eigenvalue weighted by Gasteiger charge is 2.17. The van der Waals surface area contributed by atoms with E-state index in [4.69, 9.17) is 4.74 Å². The van der Waals surface area contributed by atoms with Gasteiger partial charge in [-0.3, -0.25) is 9.10 Å². The Bertz CT molecular complexity index is 1430. The van der Waals surface area contributed by atoms with Gasteiger partial charge in [-0.15, -0.1) is 0 Å². The molecule has 33 heavy (non-hydrogen) atoms. The van der Waals surface area contributed by atoms with E-state index in [0.29, 0.717) is 17.1 Å². The van der Waals surface area contributed by atoms with Crippen LogP contribution in [-0.2, 0) is 21.4 Å². The Balaban J connectivity index is 1.49. The van der Waals surface area contributed by atoms with Crippen LogP contribution in [0, 0.1) is 0 Å². The van der Waals surface area contributed by atoms with Crippen molar-refractivity contribution in [3.8, 4) is 5.75 Å². The molecule has 172 valence electrons. The summed E-state index contributed by atoms with van der Waals surface area (Å²) in [6, 6.07) is 20.7. The van der Waals surface area contributed by atoms with Crippen LogP contribution < -0.4 is 14.4 Å². The van der Waals surface area contributed by atoms with Gasteiger partial charge in [-0.25, -0.2) is 8.42 Å². The molecule has 1 aromatic heterocycles. The van der Waals surface area contributed by atoms with E-state index in [0.717, 1.165) is 29.1 Å². The molecule has 1 amide bonds. The quantitative estimate of drug-likeness (QED) is 0.432. The molecule has 0 spiro atoms. The average Bonchev–Trinajstić information content (AvgIpc) is 3.11. The first-order valence-electron chi connectivity index (χ1n) is 10.7. The highest BCUT2D eigenvalue weighted by atomic mass is 32.2. The number of ether oxygens (including phenoxy) is 1. The van der Waals surface area contributed by atoms with Gasteiger partial charge in [0.1, 0.15) is 5.75 Å². The normalized spacial score (nSPS) is 12.6. The summed E-state index contributed by atoms with van der Waals surface area (Å²) in [6.45, 7) is 4.65. The van der Waals surface area contributed by atoms with E-state index in [2.05, 4.69) is 28.9 Å². The summed E-state index contributed by atoms with van der Waals surface area (Å²) < 4.78 is 32.5. The van der Waals surface area contributed by atoms with Crippen molar-refractivity contribution in [1.29, 1.82) is 0 Å². The molecule has 3 aromatic carbocycles. The number of benzene rings is 3. The average molecular weight is 466 g/mol. The maximum Gasteiger partial charge on any atom is 0.265 e. The van der Waals surface area contributed by atoms with Crippen LogP contribution in [0.4, 0.5) is 11.4 Å². The highest BCUT2D eigenvalue weighted by Crippen LogP contribution is 2.31. The third-order valence-corrected chi connectivity index (χ3v) is 6.94. The number of fused-ring (bicyclic) bond motifs is 3. The number of para-hydroxylation sites is 1. The second-order valence-electron chi connectivity index (χ2n) is 7.97. The molecule has 1 atom stereocenters. The van der Waals surface area contributed by atoms with E-state index in [1.807, 2.05) is 30.3 Å². The lowest BCUT2D eigenvalue weighted by molar-refractivity contribution is -0.122. The van der Waals surface area contributed by atoms with Crippen molar-refractivity contribution >= 4 is 49.1 Å². The number of carbonyl (C=O) groups is 1. The summed E-state index contributed by atoms with van der Waals surface area (Å²) in [5.74, 6) is 0.204. The second-order valence-corrected chi connectivity index (χ2v) is 9.98. The number of aromatic nitrogens is 1. The van der Waals surface area contributed by atoms with Crippen molar-refractivity contribution in [2.45, 2.75) is 26.5 Å². The number of nitrogens with zero attached hydrogens (tertiary/aromatic N) is 2. The van der Waals surface area contributed by atoms with Gasteiger partial charge in [-0.1, -0.05) is 18.2 Å². The highest BCUT2D eigenvalue weighted by molar-refractivity contribution is 7.92. The molecule has 0 fully saturated rings. The minimum Gasteiger partial charge on any atom is -0.481 e. The Kier molecular flexibility index (Phi) is 6.03. The van der Waals surface area contributed by atoms with Crippen molar-refractivity contribution in [2.24, 2.45) is 0 Å². The first-order chi connectivity index (χ1) is 15.7. The maximum absolute atomic E-state index is 12.8. The van der Waals surface area contributed by atoms with Crippen molar-refractivity contribution < 1.29 is 17.9 Å². The van der Waals surface area contributed by atoms with Crippen LogP contribution in [0.2, 0.25) is 0 Å². The van der Waals surface area contributed by atoms with E-state index in [-0.39, 0.29) is 5.91 Å². The number of hydrogen-bond acceptors (Lipinski definition) is 4. The number of aryl methyl sites for hydroxylation is 1. The molecule has 0 saturated carbocycles. The van der Waals surface area contributed by atoms with Crippen molar-refractivity contribution in [3.05, 3.63) is 66.7 Å². The standard InChI is InChI=1S/C25H27N3O4S/c1-5-28-23-9-7-6-8-21(23)22-16-18(10-15-24(22)28)26-25(29)17(2)32-20-13-11-19(12-14-20)27(3)33(4,30)31/h6-17H,5H2,1-4H3,(H,26,29). The lowest BCUT2D eigenvalue weighted by atomic mass is 10.1. The van der Waals surface area contributed by atoms with Gasteiger partial charge in [0.05, 0.1) is 11.9 Å². The summed E-state index contributed by atoms with van der Waals surface area (Å²) in [5.41, 5.74) is 3.51. The molecular formula is C25H27N3O4S. The van der Waals surface area contributed by atoms with E-state index in [9.17, 15) is 13.2 Å². The topological polar surface area (TPSA) is 80.6 Å². The summed E-state index contributed by atoms with van der Waals surface area (Å²) in [7, 11) is -1.86. The van der Waals surface area contributed by atoms with Crippen LogP contribution in [0.3, 0.4) is 0 Å². The molecule has 0 saturated heterocycles. The molecule has 0 aliphatic heterocycles. The minimum absolute atomic E-state index is 0.272. The second kappa shape index (κ2) is 8.78. The third kappa shape index (κ3) is 4.52. The number of hydrogen-bond donors (Lipinski definition) is 1. The van der Waals surface area contributed by atoms with Crippen LogP contribution in [0.25, 0.3) is 21.8 Å². The Morgan fingerprint density at radius 3 is 2.36 bits per heavy atom. The SMILES string of the molecule is CCn1c2ccccc2c2cc(NC(=O)C(C)Oc3ccc(N(C)S(C)(=O)=O)cc3)ccc21. The smallest absolute Gasteiger partial charge is 0.265 e. The Morgan fingerprint density at radius 1 is 1.03 bits per heavy atom. The minimum atomic E-state index is -3.34. The summed E-state index contributed by atoms with van der Waals surface area (Å²) >= 11 is 0. The van der Waals surface area contributed by atoms with Gasteiger partial charge < -0.3 is 14.6 Å². The monoisotopic (exact) mass is 465 g/mol. The predicted octanol–water partition coefficient (Wildman–Crippen LogP) is 4.62. The van der Waals surface area contributed by atoms with Crippen LogP contribution in [0.5, 0.6) is 5.75 Å².